The normalized spacial score (nSPS) is 17.1. The van der Waals surface area contributed by atoms with E-state index in [-0.39, 0.29) is 24.9 Å². The molecule has 3 N–H and O–H groups in total. The molecule has 2 atom stereocenters. The fourth-order valence-corrected chi connectivity index (χ4v) is 4.72. The Kier molecular flexibility index (Phi) is 8.66. The van der Waals surface area contributed by atoms with Gasteiger partial charge in [0, 0.05) is 49.0 Å². The number of carboxylic acid groups (broad SMARTS) is 1. The number of aromatic carboxylic acids is 1. The van der Waals surface area contributed by atoms with Crippen LogP contribution >= 0.6 is 23.2 Å². The van der Waals surface area contributed by atoms with Crippen LogP contribution in [0, 0.1) is 0 Å². The summed E-state index contributed by atoms with van der Waals surface area (Å²) in [6.45, 7) is 2.45. The van der Waals surface area contributed by atoms with Gasteiger partial charge in [0.25, 0.3) is 0 Å². The number of anilines is 1. The Balaban J connectivity index is 1.54. The Hall–Kier alpha value is -2.88. The number of ether oxygens (including phenoxy) is 1. The Morgan fingerprint density at radius 2 is 1.89 bits per heavy atom. The Morgan fingerprint density at radius 1 is 1.11 bits per heavy atom. The summed E-state index contributed by atoms with van der Waals surface area (Å²) in [4.78, 5) is 19.4. The van der Waals surface area contributed by atoms with Gasteiger partial charge in [-0.1, -0.05) is 41.4 Å². The van der Waals surface area contributed by atoms with Crippen molar-refractivity contribution in [3.05, 3.63) is 87.7 Å². The number of nitrogens with zero attached hydrogens (tertiary/aromatic N) is 3. The van der Waals surface area contributed by atoms with Crippen LogP contribution < -0.4 is 9.64 Å². The molecule has 1 aliphatic heterocycles. The Morgan fingerprint density at radius 3 is 2.53 bits per heavy atom. The van der Waals surface area contributed by atoms with E-state index in [1.165, 1.54) is 12.3 Å². The van der Waals surface area contributed by atoms with E-state index in [0.717, 1.165) is 11.3 Å². The summed E-state index contributed by atoms with van der Waals surface area (Å²) in [5.74, 6) is -0.519. The van der Waals surface area contributed by atoms with E-state index in [4.69, 9.17) is 38.2 Å². The van der Waals surface area contributed by atoms with Gasteiger partial charge in [0.1, 0.15) is 18.1 Å². The topological polar surface area (TPSA) is 106 Å². The molecule has 4 rings (SSSR count). The third kappa shape index (κ3) is 6.27. The molecular weight excluding hydrogens is 505 g/mol. The highest BCUT2D eigenvalue weighted by Crippen LogP contribution is 2.37. The van der Waals surface area contributed by atoms with E-state index in [1.54, 1.807) is 12.1 Å². The summed E-state index contributed by atoms with van der Waals surface area (Å²) < 4.78 is 5.48. The van der Waals surface area contributed by atoms with E-state index in [0.29, 0.717) is 47.5 Å². The summed E-state index contributed by atoms with van der Waals surface area (Å²) in [7, 11) is 0. The Labute approximate surface area is 219 Å². The predicted molar refractivity (Wildman–Crippen MR) is 138 cm³/mol. The minimum atomic E-state index is -1.11. The van der Waals surface area contributed by atoms with Crippen LogP contribution in [0.25, 0.3) is 0 Å². The van der Waals surface area contributed by atoms with E-state index >= 15 is 0 Å². The van der Waals surface area contributed by atoms with Crippen molar-refractivity contribution in [2.24, 2.45) is 0 Å². The van der Waals surface area contributed by atoms with Crippen molar-refractivity contribution in [1.29, 1.82) is 0 Å². The minimum absolute atomic E-state index is 0.0579. The van der Waals surface area contributed by atoms with E-state index in [1.807, 2.05) is 36.4 Å². The molecule has 1 aliphatic rings. The van der Waals surface area contributed by atoms with Crippen LogP contribution in [0.15, 0.2) is 60.8 Å². The molecule has 0 spiro atoms. The first-order valence-electron chi connectivity index (χ1n) is 11.5. The summed E-state index contributed by atoms with van der Waals surface area (Å²) in [6, 6.07) is 16.1. The first-order valence-corrected chi connectivity index (χ1v) is 12.3. The van der Waals surface area contributed by atoms with Gasteiger partial charge >= 0.3 is 5.97 Å². The highest BCUT2D eigenvalue weighted by atomic mass is 35.5. The van der Waals surface area contributed by atoms with Gasteiger partial charge in [-0.25, -0.2) is 9.78 Å². The van der Waals surface area contributed by atoms with Gasteiger partial charge in [-0.15, -0.1) is 0 Å². The molecule has 0 bridgehead atoms. The molecule has 0 saturated carbocycles. The zero-order valence-corrected chi connectivity index (χ0v) is 20.9. The largest absolute Gasteiger partial charge is 0.491 e. The molecule has 8 nitrogen and oxygen atoms in total. The predicted octanol–water partition coefficient (Wildman–Crippen LogP) is 4.05. The second kappa shape index (κ2) is 11.9. The number of carboxylic acids is 1. The second-order valence-electron chi connectivity index (χ2n) is 8.50. The lowest BCUT2D eigenvalue weighted by molar-refractivity contribution is 0.0689. The number of aromatic nitrogens is 1. The van der Waals surface area contributed by atoms with Gasteiger partial charge in [-0.05, 0) is 35.9 Å². The van der Waals surface area contributed by atoms with Crippen molar-refractivity contribution >= 4 is 34.9 Å². The lowest BCUT2D eigenvalue weighted by Crippen LogP contribution is -2.49. The Bertz CT molecular complexity index is 1180. The lowest BCUT2D eigenvalue weighted by atomic mass is 10.0. The van der Waals surface area contributed by atoms with Crippen molar-refractivity contribution in [1.82, 2.24) is 9.88 Å². The second-order valence-corrected chi connectivity index (χ2v) is 9.35. The van der Waals surface area contributed by atoms with Crippen LogP contribution in [0.4, 0.5) is 5.69 Å². The van der Waals surface area contributed by atoms with Crippen LogP contribution in [0.5, 0.6) is 5.75 Å². The summed E-state index contributed by atoms with van der Waals surface area (Å²) in [5, 5.41) is 30.1. The fraction of sp³-hybridized carbons (Fsp3) is 0.308. The number of benzene rings is 2. The summed E-state index contributed by atoms with van der Waals surface area (Å²) >= 11 is 12.8. The van der Waals surface area contributed by atoms with Crippen LogP contribution in [0.2, 0.25) is 10.0 Å². The van der Waals surface area contributed by atoms with Gasteiger partial charge in [-0.3, -0.25) is 4.90 Å². The van der Waals surface area contributed by atoms with Crippen molar-refractivity contribution in [2.75, 3.05) is 44.3 Å². The van der Waals surface area contributed by atoms with Crippen molar-refractivity contribution < 1.29 is 24.9 Å². The molecule has 10 heteroatoms. The third-order valence-electron chi connectivity index (χ3n) is 6.13. The first-order chi connectivity index (χ1) is 17.4. The highest BCUT2D eigenvalue weighted by molar-refractivity contribution is 6.33. The zero-order valence-electron chi connectivity index (χ0n) is 19.4. The smallest absolute Gasteiger partial charge is 0.354 e. The maximum atomic E-state index is 11.1. The highest BCUT2D eigenvalue weighted by Gasteiger charge is 2.31. The zero-order chi connectivity index (χ0) is 25.7. The number of aliphatic hydroxyl groups excluding tert-OH is 2. The van der Waals surface area contributed by atoms with Crippen molar-refractivity contribution in [2.45, 2.75) is 12.1 Å². The lowest BCUT2D eigenvalue weighted by Gasteiger charge is -2.44. The van der Waals surface area contributed by atoms with E-state index < -0.39 is 12.1 Å². The number of pyridine rings is 1. The molecule has 1 saturated heterocycles. The van der Waals surface area contributed by atoms with Gasteiger partial charge in [-0.2, -0.15) is 0 Å². The molecule has 0 amide bonds. The van der Waals surface area contributed by atoms with E-state index in [9.17, 15) is 9.90 Å². The van der Waals surface area contributed by atoms with Crippen molar-refractivity contribution in [3.63, 3.8) is 0 Å². The minimum Gasteiger partial charge on any atom is -0.491 e. The van der Waals surface area contributed by atoms with Gasteiger partial charge in [0.15, 0.2) is 0 Å². The summed E-state index contributed by atoms with van der Waals surface area (Å²) in [5.41, 5.74) is 2.42. The molecule has 0 aliphatic carbocycles. The molecule has 36 heavy (non-hydrogen) atoms. The van der Waals surface area contributed by atoms with E-state index in [2.05, 4.69) is 14.8 Å². The van der Waals surface area contributed by atoms with Crippen LogP contribution in [0.1, 0.15) is 33.8 Å². The number of rotatable bonds is 9. The van der Waals surface area contributed by atoms with Gasteiger partial charge in [0.2, 0.25) is 0 Å². The first kappa shape index (κ1) is 26.2. The molecule has 2 heterocycles. The number of β-amino-alcohol motifs (C(OH)–C–C–N with tert-alkyl or cyclic N) is 1. The number of piperazine rings is 1. The molecule has 190 valence electrons. The fourth-order valence-electron chi connectivity index (χ4n) is 4.32. The molecule has 0 unspecified atom stereocenters. The summed E-state index contributed by atoms with van der Waals surface area (Å²) in [6.07, 6.45) is 0.589. The SMILES string of the molecule is O=C(O)c1ccc([C@H](O)CN2CCN(c3ccc(OCCO)cc3Cl)[C@H](c3ccc(Cl)cc3)C2)cn1. The molecule has 3 aromatic rings. The number of carbonyl (C=O) groups is 1. The van der Waals surface area contributed by atoms with Gasteiger partial charge in [0.05, 0.1) is 29.5 Å². The standard InChI is InChI=1S/C26H27Cl2N3O5/c27-19-4-1-17(2-5-19)24-15-30(16-25(33)18-3-7-22(26(34)35)29-14-18)9-10-31(24)23-8-6-20(13-21(23)28)36-12-11-32/h1-8,13-14,24-25,32-33H,9-12,15-16H2,(H,34,35)/t24-,25+/m0/s1. The maximum absolute atomic E-state index is 11.1. The quantitative estimate of drug-likeness (QED) is 0.379. The number of aliphatic hydroxyl groups is 2. The van der Waals surface area contributed by atoms with Crippen LogP contribution in [0.3, 0.4) is 0 Å². The molecule has 1 fully saturated rings. The average Bonchev–Trinajstić information content (AvgIpc) is 2.88. The van der Waals surface area contributed by atoms with Crippen molar-refractivity contribution in [3.8, 4) is 5.75 Å². The molecular formula is C26H27Cl2N3O5. The van der Waals surface area contributed by atoms with Crippen LogP contribution in [-0.4, -0.2) is 70.6 Å². The molecule has 0 radical (unpaired) electrons. The maximum Gasteiger partial charge on any atom is 0.354 e. The van der Waals surface area contributed by atoms with Crippen LogP contribution in [-0.2, 0) is 0 Å². The third-order valence-corrected chi connectivity index (χ3v) is 6.68. The van der Waals surface area contributed by atoms with Gasteiger partial charge < -0.3 is 25.0 Å². The number of hydrogen-bond acceptors (Lipinski definition) is 7. The molecule has 2 aromatic carbocycles. The number of halogens is 2. The average molecular weight is 532 g/mol. The number of hydrogen-bond donors (Lipinski definition) is 3. The molecule has 1 aromatic heterocycles. The monoisotopic (exact) mass is 531 g/mol.